The molecule has 1 aliphatic carbocycles. The number of rotatable bonds is 9. The highest BCUT2D eigenvalue weighted by molar-refractivity contribution is 5.43. The second-order valence-electron chi connectivity index (χ2n) is 6.35. The van der Waals surface area contributed by atoms with Gasteiger partial charge >= 0.3 is 0 Å². The van der Waals surface area contributed by atoms with Gasteiger partial charge in [-0.1, -0.05) is 26.3 Å². The van der Waals surface area contributed by atoms with Crippen molar-refractivity contribution in [1.82, 2.24) is 5.32 Å². The Morgan fingerprint density at radius 3 is 2.62 bits per heavy atom. The molecule has 1 aromatic rings. The molecule has 0 atom stereocenters. The van der Waals surface area contributed by atoms with Gasteiger partial charge in [0.2, 0.25) is 0 Å². The van der Waals surface area contributed by atoms with Gasteiger partial charge in [-0.05, 0) is 55.8 Å². The standard InChI is InChI=1S/C18H29NO2/c1-4-20-18-10-16(12-19-11-14(2)3)8-9-17(18)21-13-15-6-5-7-15/h8-10,14-15,19H,4-7,11-13H2,1-3H3. The molecule has 1 aromatic carbocycles. The molecular weight excluding hydrogens is 262 g/mol. The number of hydrogen-bond acceptors (Lipinski definition) is 3. The van der Waals surface area contributed by atoms with Crippen LogP contribution < -0.4 is 14.8 Å². The molecule has 3 nitrogen and oxygen atoms in total. The second-order valence-corrected chi connectivity index (χ2v) is 6.35. The molecule has 1 N–H and O–H groups in total. The highest BCUT2D eigenvalue weighted by Gasteiger charge is 2.18. The van der Waals surface area contributed by atoms with Crippen LogP contribution in [0.3, 0.4) is 0 Å². The van der Waals surface area contributed by atoms with Crippen molar-refractivity contribution in [2.75, 3.05) is 19.8 Å². The molecule has 0 unspecified atom stereocenters. The summed E-state index contributed by atoms with van der Waals surface area (Å²) in [6.07, 6.45) is 3.97. The summed E-state index contributed by atoms with van der Waals surface area (Å²) in [7, 11) is 0. The molecule has 0 bridgehead atoms. The van der Waals surface area contributed by atoms with Crippen LogP contribution in [-0.2, 0) is 6.54 Å². The van der Waals surface area contributed by atoms with E-state index in [-0.39, 0.29) is 0 Å². The topological polar surface area (TPSA) is 30.5 Å². The summed E-state index contributed by atoms with van der Waals surface area (Å²) >= 11 is 0. The average Bonchev–Trinajstić information content (AvgIpc) is 2.39. The third-order valence-corrected chi connectivity index (χ3v) is 3.89. The Bertz CT molecular complexity index is 427. The first-order chi connectivity index (χ1) is 10.2. The number of nitrogens with one attached hydrogen (secondary N) is 1. The first-order valence-corrected chi connectivity index (χ1v) is 8.28. The lowest BCUT2D eigenvalue weighted by atomic mass is 9.86. The van der Waals surface area contributed by atoms with Gasteiger partial charge in [-0.3, -0.25) is 0 Å². The van der Waals surface area contributed by atoms with Gasteiger partial charge < -0.3 is 14.8 Å². The smallest absolute Gasteiger partial charge is 0.161 e. The quantitative estimate of drug-likeness (QED) is 0.745. The van der Waals surface area contributed by atoms with Gasteiger partial charge in [0.25, 0.3) is 0 Å². The van der Waals surface area contributed by atoms with Gasteiger partial charge in [0.1, 0.15) is 0 Å². The highest BCUT2D eigenvalue weighted by atomic mass is 16.5. The van der Waals surface area contributed by atoms with E-state index in [2.05, 4.69) is 37.4 Å². The molecule has 1 saturated carbocycles. The molecule has 1 aliphatic rings. The zero-order valence-electron chi connectivity index (χ0n) is 13.7. The van der Waals surface area contributed by atoms with Gasteiger partial charge in [0.15, 0.2) is 11.5 Å². The van der Waals surface area contributed by atoms with Crippen molar-refractivity contribution in [3.8, 4) is 11.5 Å². The van der Waals surface area contributed by atoms with E-state index in [1.54, 1.807) is 0 Å². The molecule has 0 heterocycles. The third-order valence-electron chi connectivity index (χ3n) is 3.89. The van der Waals surface area contributed by atoms with Gasteiger partial charge in [-0.25, -0.2) is 0 Å². The maximum Gasteiger partial charge on any atom is 0.161 e. The predicted molar refractivity (Wildman–Crippen MR) is 87.0 cm³/mol. The minimum Gasteiger partial charge on any atom is -0.490 e. The monoisotopic (exact) mass is 291 g/mol. The fourth-order valence-corrected chi connectivity index (χ4v) is 2.42. The summed E-state index contributed by atoms with van der Waals surface area (Å²) in [5.74, 6) is 3.17. The van der Waals surface area contributed by atoms with Crippen molar-refractivity contribution in [3.05, 3.63) is 23.8 Å². The largest absolute Gasteiger partial charge is 0.490 e. The van der Waals surface area contributed by atoms with Crippen molar-refractivity contribution >= 4 is 0 Å². The maximum atomic E-state index is 5.95. The Morgan fingerprint density at radius 2 is 2.00 bits per heavy atom. The molecular formula is C18H29NO2. The molecule has 0 aliphatic heterocycles. The van der Waals surface area contributed by atoms with E-state index in [4.69, 9.17) is 9.47 Å². The SMILES string of the molecule is CCOc1cc(CNCC(C)C)ccc1OCC1CCC1. The zero-order valence-corrected chi connectivity index (χ0v) is 13.7. The molecule has 2 rings (SSSR count). The van der Waals surface area contributed by atoms with Gasteiger partial charge in [0.05, 0.1) is 13.2 Å². The van der Waals surface area contributed by atoms with Crippen LogP contribution >= 0.6 is 0 Å². The predicted octanol–water partition coefficient (Wildman–Crippen LogP) is 4.01. The lowest BCUT2D eigenvalue weighted by Crippen LogP contribution is -2.20. The summed E-state index contributed by atoms with van der Waals surface area (Å²) in [6.45, 7) is 9.85. The molecule has 0 amide bonds. The van der Waals surface area contributed by atoms with Crippen molar-refractivity contribution in [2.45, 2.75) is 46.6 Å². The van der Waals surface area contributed by atoms with Crippen molar-refractivity contribution < 1.29 is 9.47 Å². The van der Waals surface area contributed by atoms with Crippen LogP contribution in [0.4, 0.5) is 0 Å². The molecule has 118 valence electrons. The first kappa shape index (κ1) is 16.2. The summed E-state index contributed by atoms with van der Waals surface area (Å²) in [5.41, 5.74) is 1.25. The number of benzene rings is 1. The molecule has 0 aromatic heterocycles. The van der Waals surface area contributed by atoms with Gasteiger partial charge in [-0.15, -0.1) is 0 Å². The first-order valence-electron chi connectivity index (χ1n) is 8.28. The molecule has 0 spiro atoms. The maximum absolute atomic E-state index is 5.95. The van der Waals surface area contributed by atoms with Gasteiger partial charge in [0, 0.05) is 6.54 Å². The Labute approximate surface area is 129 Å². The van der Waals surface area contributed by atoms with Crippen molar-refractivity contribution in [1.29, 1.82) is 0 Å². The average molecular weight is 291 g/mol. The lowest BCUT2D eigenvalue weighted by Gasteiger charge is -2.25. The van der Waals surface area contributed by atoms with Crippen LogP contribution in [0.25, 0.3) is 0 Å². The van der Waals surface area contributed by atoms with E-state index in [1.807, 2.05) is 6.92 Å². The Morgan fingerprint density at radius 1 is 1.19 bits per heavy atom. The van der Waals surface area contributed by atoms with E-state index < -0.39 is 0 Å². The fraction of sp³-hybridized carbons (Fsp3) is 0.667. The number of ether oxygens (including phenoxy) is 2. The van der Waals surface area contributed by atoms with Crippen molar-refractivity contribution in [2.24, 2.45) is 11.8 Å². The lowest BCUT2D eigenvalue weighted by molar-refractivity contribution is 0.174. The van der Waals surface area contributed by atoms with E-state index >= 15 is 0 Å². The molecule has 0 radical (unpaired) electrons. The van der Waals surface area contributed by atoms with E-state index in [0.717, 1.165) is 37.1 Å². The Hall–Kier alpha value is -1.22. The fourth-order valence-electron chi connectivity index (χ4n) is 2.42. The minimum atomic E-state index is 0.668. The summed E-state index contributed by atoms with van der Waals surface area (Å²) in [6, 6.07) is 6.29. The summed E-state index contributed by atoms with van der Waals surface area (Å²) < 4.78 is 11.7. The molecule has 0 saturated heterocycles. The van der Waals surface area contributed by atoms with E-state index in [9.17, 15) is 0 Å². The van der Waals surface area contributed by atoms with Crippen LogP contribution in [0.5, 0.6) is 11.5 Å². The zero-order chi connectivity index (χ0) is 15.1. The highest BCUT2D eigenvalue weighted by Crippen LogP contribution is 2.32. The minimum absolute atomic E-state index is 0.668. The molecule has 3 heteroatoms. The Kier molecular flexibility index (Phi) is 6.37. The van der Waals surface area contributed by atoms with E-state index in [1.165, 1.54) is 24.8 Å². The van der Waals surface area contributed by atoms with E-state index in [0.29, 0.717) is 12.5 Å². The van der Waals surface area contributed by atoms with Crippen molar-refractivity contribution in [3.63, 3.8) is 0 Å². The summed E-state index contributed by atoms with van der Waals surface area (Å²) in [4.78, 5) is 0. The van der Waals surface area contributed by atoms with Gasteiger partial charge in [-0.2, -0.15) is 0 Å². The van der Waals surface area contributed by atoms with Crippen LogP contribution in [0.15, 0.2) is 18.2 Å². The third kappa shape index (κ3) is 5.24. The molecule has 21 heavy (non-hydrogen) atoms. The van der Waals surface area contributed by atoms with Crippen LogP contribution in [0, 0.1) is 11.8 Å². The second kappa shape index (κ2) is 8.28. The van der Waals surface area contributed by atoms with Crippen LogP contribution in [-0.4, -0.2) is 19.8 Å². The van der Waals surface area contributed by atoms with Crippen LogP contribution in [0.2, 0.25) is 0 Å². The normalized spacial score (nSPS) is 15.0. The molecule has 1 fully saturated rings. The number of hydrogen-bond donors (Lipinski definition) is 1. The summed E-state index contributed by atoms with van der Waals surface area (Å²) in [5, 5.41) is 3.46. The van der Waals surface area contributed by atoms with Crippen LogP contribution in [0.1, 0.15) is 45.6 Å². The Balaban J connectivity index is 1.92.